The number of imidazole rings is 1. The molecule has 0 bridgehead atoms. The molecule has 5 rings (SSSR count). The molecule has 1 saturated carbocycles. The fourth-order valence-electron chi connectivity index (χ4n) is 3.12. The van der Waals surface area contributed by atoms with Crippen molar-refractivity contribution in [1.82, 2.24) is 34.3 Å². The second kappa shape index (κ2) is 6.93. The molecule has 0 aliphatic heterocycles. The van der Waals surface area contributed by atoms with Crippen molar-refractivity contribution in [3.63, 3.8) is 0 Å². The molecule has 1 aliphatic carbocycles. The highest BCUT2D eigenvalue weighted by atomic mass is 16.1. The Morgan fingerprint density at radius 3 is 2.86 bits per heavy atom. The summed E-state index contributed by atoms with van der Waals surface area (Å²) >= 11 is 0. The second-order valence-electron chi connectivity index (χ2n) is 6.98. The van der Waals surface area contributed by atoms with Gasteiger partial charge in [-0.25, -0.2) is 9.97 Å². The molecule has 0 aromatic carbocycles. The van der Waals surface area contributed by atoms with Gasteiger partial charge in [-0.1, -0.05) is 6.07 Å². The highest BCUT2D eigenvalue weighted by molar-refractivity contribution is 6.02. The van der Waals surface area contributed by atoms with E-state index in [1.807, 2.05) is 40.5 Å². The zero-order valence-electron chi connectivity index (χ0n) is 15.7. The zero-order chi connectivity index (χ0) is 19.8. The van der Waals surface area contributed by atoms with Gasteiger partial charge in [0.1, 0.15) is 23.5 Å². The van der Waals surface area contributed by atoms with E-state index in [-0.39, 0.29) is 5.91 Å². The molecule has 0 radical (unpaired) electrons. The lowest BCUT2D eigenvalue weighted by atomic mass is 10.3. The molecule has 4 aromatic rings. The van der Waals surface area contributed by atoms with Crippen LogP contribution in [0.3, 0.4) is 0 Å². The predicted molar refractivity (Wildman–Crippen MR) is 106 cm³/mol. The van der Waals surface area contributed by atoms with Crippen molar-refractivity contribution >= 4 is 11.7 Å². The minimum Gasteiger partial charge on any atom is -0.309 e. The Morgan fingerprint density at radius 2 is 2.07 bits per heavy atom. The molecule has 4 aromatic heterocycles. The van der Waals surface area contributed by atoms with E-state index in [0.29, 0.717) is 29.1 Å². The first kappa shape index (κ1) is 17.2. The first-order chi connectivity index (χ1) is 14.2. The quantitative estimate of drug-likeness (QED) is 0.566. The Labute approximate surface area is 166 Å². The summed E-state index contributed by atoms with van der Waals surface area (Å²) in [5.74, 6) is 0.805. The number of carbonyl (C=O) groups is 1. The van der Waals surface area contributed by atoms with Gasteiger partial charge in [-0.3, -0.25) is 9.78 Å². The van der Waals surface area contributed by atoms with E-state index >= 15 is 0 Å². The summed E-state index contributed by atoms with van der Waals surface area (Å²) in [6.07, 6.45) is 9.17. The van der Waals surface area contributed by atoms with Crippen LogP contribution in [0, 0.1) is 6.92 Å². The third-order valence-corrected chi connectivity index (χ3v) is 4.72. The van der Waals surface area contributed by atoms with Crippen LogP contribution in [0.2, 0.25) is 0 Å². The smallest absolute Gasteiger partial charge is 0.275 e. The van der Waals surface area contributed by atoms with Crippen LogP contribution in [-0.2, 0) is 0 Å². The van der Waals surface area contributed by atoms with Crippen molar-refractivity contribution < 1.29 is 4.79 Å². The van der Waals surface area contributed by atoms with Crippen LogP contribution in [0.15, 0.2) is 55.4 Å². The largest absolute Gasteiger partial charge is 0.309 e. The normalized spacial score (nSPS) is 13.4. The summed E-state index contributed by atoms with van der Waals surface area (Å²) in [5, 5.41) is 11.0. The van der Waals surface area contributed by atoms with Gasteiger partial charge in [-0.15, -0.1) is 10.2 Å². The average Bonchev–Trinajstić information content (AvgIpc) is 3.29. The van der Waals surface area contributed by atoms with Gasteiger partial charge in [-0.2, -0.15) is 0 Å². The molecule has 1 amide bonds. The lowest BCUT2D eigenvalue weighted by molar-refractivity contribution is 0.102. The van der Waals surface area contributed by atoms with Crippen molar-refractivity contribution in [1.29, 1.82) is 0 Å². The number of hydrogen-bond donors (Lipinski definition) is 1. The molecule has 0 spiro atoms. The molecule has 9 heteroatoms. The highest BCUT2D eigenvalue weighted by Gasteiger charge is 2.27. The van der Waals surface area contributed by atoms with Crippen LogP contribution in [0.1, 0.15) is 35.1 Å². The first-order valence-corrected chi connectivity index (χ1v) is 9.33. The number of carbonyl (C=O) groups excluding carboxylic acids is 1. The molecule has 1 aliphatic rings. The van der Waals surface area contributed by atoms with Crippen LogP contribution >= 0.6 is 0 Å². The SMILES string of the molecule is Cc1cn(-c2ccnc(C(=O)Nc3cccc(-c4nncn4C4CC4)n3)c2)cn1. The van der Waals surface area contributed by atoms with Crippen LogP contribution in [0.4, 0.5) is 5.82 Å². The van der Waals surface area contributed by atoms with Gasteiger partial charge in [-0.05, 0) is 44.0 Å². The van der Waals surface area contributed by atoms with Gasteiger partial charge in [0.05, 0.1) is 17.7 Å². The topological polar surface area (TPSA) is 103 Å². The third-order valence-electron chi connectivity index (χ3n) is 4.72. The molecule has 0 atom stereocenters. The van der Waals surface area contributed by atoms with Crippen LogP contribution in [0.5, 0.6) is 0 Å². The summed E-state index contributed by atoms with van der Waals surface area (Å²) in [4.78, 5) is 25.6. The van der Waals surface area contributed by atoms with Gasteiger partial charge >= 0.3 is 0 Å². The Kier molecular flexibility index (Phi) is 4.12. The number of nitrogens with one attached hydrogen (secondary N) is 1. The standard InChI is InChI=1S/C20H18N8O/c1-13-10-27(11-22-13)15-7-8-21-17(9-15)20(29)25-18-4-2-3-16(24-18)19-26-23-12-28(19)14-5-6-14/h2-4,7-12,14H,5-6H2,1H3,(H,24,25,29). The number of amides is 1. The molecule has 1 fully saturated rings. The van der Waals surface area contributed by atoms with E-state index in [9.17, 15) is 4.79 Å². The molecule has 29 heavy (non-hydrogen) atoms. The minimum atomic E-state index is -0.336. The maximum Gasteiger partial charge on any atom is 0.275 e. The predicted octanol–water partition coefficient (Wildman–Crippen LogP) is 2.82. The summed E-state index contributed by atoms with van der Waals surface area (Å²) in [7, 11) is 0. The van der Waals surface area contributed by atoms with Crippen molar-refractivity contribution in [2.24, 2.45) is 0 Å². The van der Waals surface area contributed by atoms with Crippen molar-refractivity contribution in [3.05, 3.63) is 66.8 Å². The van der Waals surface area contributed by atoms with Gasteiger partial charge < -0.3 is 14.5 Å². The molecular weight excluding hydrogens is 368 g/mol. The van der Waals surface area contributed by atoms with E-state index in [2.05, 4.69) is 30.5 Å². The molecule has 1 N–H and O–H groups in total. The van der Waals surface area contributed by atoms with Gasteiger partial charge in [0.2, 0.25) is 0 Å². The Bertz CT molecular complexity index is 1190. The lowest BCUT2D eigenvalue weighted by Gasteiger charge is -2.08. The third kappa shape index (κ3) is 3.49. The maximum atomic E-state index is 12.7. The molecule has 4 heterocycles. The number of nitrogens with zero attached hydrogens (tertiary/aromatic N) is 7. The van der Waals surface area contributed by atoms with Crippen LogP contribution in [0.25, 0.3) is 17.2 Å². The highest BCUT2D eigenvalue weighted by Crippen LogP contribution is 2.37. The average molecular weight is 386 g/mol. The van der Waals surface area contributed by atoms with E-state index in [1.165, 1.54) is 0 Å². The molecule has 0 saturated heterocycles. The zero-order valence-corrected chi connectivity index (χ0v) is 15.7. The van der Waals surface area contributed by atoms with Crippen LogP contribution in [-0.4, -0.2) is 40.2 Å². The number of anilines is 1. The number of aromatic nitrogens is 7. The summed E-state index contributed by atoms with van der Waals surface area (Å²) in [6.45, 7) is 1.91. The summed E-state index contributed by atoms with van der Waals surface area (Å²) in [6, 6.07) is 9.41. The van der Waals surface area contributed by atoms with Crippen molar-refractivity contribution in [3.8, 4) is 17.2 Å². The fraction of sp³-hybridized carbons (Fsp3) is 0.200. The van der Waals surface area contributed by atoms with E-state index in [4.69, 9.17) is 0 Å². The number of rotatable bonds is 5. The molecule has 9 nitrogen and oxygen atoms in total. The van der Waals surface area contributed by atoms with E-state index < -0.39 is 0 Å². The molecular formula is C20H18N8O. The van der Waals surface area contributed by atoms with Gasteiger partial charge in [0, 0.05) is 18.4 Å². The van der Waals surface area contributed by atoms with Gasteiger partial charge in [0.25, 0.3) is 5.91 Å². The molecule has 0 unspecified atom stereocenters. The van der Waals surface area contributed by atoms with Crippen molar-refractivity contribution in [2.45, 2.75) is 25.8 Å². The maximum absolute atomic E-state index is 12.7. The molecule has 144 valence electrons. The first-order valence-electron chi connectivity index (χ1n) is 9.33. The Balaban J connectivity index is 1.38. The van der Waals surface area contributed by atoms with E-state index in [1.54, 1.807) is 31.0 Å². The lowest BCUT2D eigenvalue weighted by Crippen LogP contribution is -2.15. The second-order valence-corrected chi connectivity index (χ2v) is 6.98. The number of aryl methyl sites for hydroxylation is 1. The Hall–Kier alpha value is -3.88. The summed E-state index contributed by atoms with van der Waals surface area (Å²) < 4.78 is 3.88. The van der Waals surface area contributed by atoms with Crippen molar-refractivity contribution in [2.75, 3.05) is 5.32 Å². The monoisotopic (exact) mass is 386 g/mol. The van der Waals surface area contributed by atoms with Crippen LogP contribution < -0.4 is 5.32 Å². The number of pyridine rings is 2. The number of hydrogen-bond acceptors (Lipinski definition) is 6. The summed E-state index contributed by atoms with van der Waals surface area (Å²) in [5.41, 5.74) is 2.67. The van der Waals surface area contributed by atoms with Gasteiger partial charge in [0.15, 0.2) is 5.82 Å². The van der Waals surface area contributed by atoms with E-state index in [0.717, 1.165) is 24.2 Å². The Morgan fingerprint density at radius 1 is 1.17 bits per heavy atom. The fourth-order valence-corrected chi connectivity index (χ4v) is 3.12. The minimum absolute atomic E-state index is 0.294.